The summed E-state index contributed by atoms with van der Waals surface area (Å²) in [6, 6.07) is 9.06. The van der Waals surface area contributed by atoms with Gasteiger partial charge in [-0.3, -0.25) is 9.59 Å². The maximum atomic E-state index is 12.0. The third-order valence-corrected chi connectivity index (χ3v) is 3.12. The molecule has 1 fully saturated rings. The summed E-state index contributed by atoms with van der Waals surface area (Å²) in [5.74, 6) is -0.499. The Kier molecular flexibility index (Phi) is 3.82. The molecule has 0 spiro atoms. The Morgan fingerprint density at radius 2 is 2.06 bits per heavy atom. The van der Waals surface area contributed by atoms with Gasteiger partial charge in [0, 0.05) is 12.2 Å². The van der Waals surface area contributed by atoms with Crippen molar-refractivity contribution < 1.29 is 9.59 Å². The minimum Gasteiger partial charge on any atom is -0.376 e. The Labute approximate surface area is 106 Å². The van der Waals surface area contributed by atoms with E-state index in [9.17, 15) is 9.59 Å². The molecule has 0 aromatic heterocycles. The lowest BCUT2D eigenvalue weighted by Gasteiger charge is -2.22. The molecule has 2 amide bonds. The van der Waals surface area contributed by atoms with Gasteiger partial charge in [0.25, 0.3) is 0 Å². The second kappa shape index (κ2) is 5.53. The average Bonchev–Trinajstić information content (AvgIpc) is 2.86. The van der Waals surface area contributed by atoms with Gasteiger partial charge < -0.3 is 16.0 Å². The van der Waals surface area contributed by atoms with Crippen molar-refractivity contribution in [3.8, 4) is 0 Å². The van der Waals surface area contributed by atoms with Crippen LogP contribution in [0, 0.1) is 0 Å². The van der Waals surface area contributed by atoms with Crippen molar-refractivity contribution in [2.75, 3.05) is 18.4 Å². The predicted molar refractivity (Wildman–Crippen MR) is 68.9 cm³/mol. The van der Waals surface area contributed by atoms with Gasteiger partial charge in [0.15, 0.2) is 0 Å². The van der Waals surface area contributed by atoms with Crippen LogP contribution in [0.3, 0.4) is 0 Å². The van der Waals surface area contributed by atoms with E-state index in [0.29, 0.717) is 13.0 Å². The van der Waals surface area contributed by atoms with Gasteiger partial charge in [-0.15, -0.1) is 0 Å². The van der Waals surface area contributed by atoms with Gasteiger partial charge in [-0.2, -0.15) is 0 Å². The van der Waals surface area contributed by atoms with Gasteiger partial charge in [-0.05, 0) is 25.0 Å². The number of hydrogen-bond acceptors (Lipinski definition) is 3. The molecule has 3 N–H and O–H groups in total. The number of anilines is 1. The zero-order chi connectivity index (χ0) is 13.0. The SMILES string of the molecule is NC(=O)[C@@H]1CCCN1C(=O)CNc1ccccc1. The standard InChI is InChI=1S/C13H17N3O2/c14-13(18)11-7-4-8-16(11)12(17)9-15-10-5-2-1-3-6-10/h1-3,5-6,11,15H,4,7-9H2,(H2,14,18)/t11-/m0/s1. The normalized spacial score (nSPS) is 18.7. The van der Waals surface area contributed by atoms with Crippen LogP contribution in [0.2, 0.25) is 0 Å². The Morgan fingerprint density at radius 1 is 1.33 bits per heavy atom. The zero-order valence-corrected chi connectivity index (χ0v) is 10.1. The Hall–Kier alpha value is -2.04. The molecule has 96 valence electrons. The average molecular weight is 247 g/mol. The number of amides is 2. The van der Waals surface area contributed by atoms with Crippen LogP contribution in [-0.4, -0.2) is 35.8 Å². The van der Waals surface area contributed by atoms with E-state index in [4.69, 9.17) is 5.73 Å². The monoisotopic (exact) mass is 247 g/mol. The number of primary amides is 1. The van der Waals surface area contributed by atoms with E-state index in [1.54, 1.807) is 4.90 Å². The number of para-hydroxylation sites is 1. The molecule has 1 heterocycles. The number of nitrogens with one attached hydrogen (secondary N) is 1. The van der Waals surface area contributed by atoms with Crippen LogP contribution in [0.25, 0.3) is 0 Å². The topological polar surface area (TPSA) is 75.4 Å². The predicted octanol–water partition coefficient (Wildman–Crippen LogP) is 0.575. The lowest BCUT2D eigenvalue weighted by Crippen LogP contribution is -2.45. The van der Waals surface area contributed by atoms with Crippen molar-refractivity contribution in [1.29, 1.82) is 0 Å². The zero-order valence-electron chi connectivity index (χ0n) is 10.1. The molecule has 2 rings (SSSR count). The molecular weight excluding hydrogens is 230 g/mol. The third-order valence-electron chi connectivity index (χ3n) is 3.12. The molecule has 18 heavy (non-hydrogen) atoms. The van der Waals surface area contributed by atoms with Gasteiger partial charge in [0.05, 0.1) is 6.54 Å². The smallest absolute Gasteiger partial charge is 0.242 e. The molecule has 0 saturated carbocycles. The van der Waals surface area contributed by atoms with Crippen molar-refractivity contribution >= 4 is 17.5 Å². The van der Waals surface area contributed by atoms with Crippen molar-refractivity contribution in [2.24, 2.45) is 5.73 Å². The lowest BCUT2D eigenvalue weighted by molar-refractivity contribution is -0.135. The molecule has 1 aromatic carbocycles. The Bertz CT molecular complexity index is 433. The summed E-state index contributed by atoms with van der Waals surface area (Å²) in [4.78, 5) is 24.8. The number of hydrogen-bond donors (Lipinski definition) is 2. The highest BCUT2D eigenvalue weighted by atomic mass is 16.2. The first kappa shape index (κ1) is 12.4. The molecule has 0 radical (unpaired) electrons. The van der Waals surface area contributed by atoms with E-state index in [2.05, 4.69) is 5.32 Å². The first-order valence-corrected chi connectivity index (χ1v) is 6.06. The number of nitrogens with two attached hydrogens (primary N) is 1. The largest absolute Gasteiger partial charge is 0.376 e. The van der Waals surface area contributed by atoms with E-state index in [0.717, 1.165) is 12.1 Å². The molecule has 1 atom stereocenters. The molecule has 1 aliphatic heterocycles. The second-order valence-corrected chi connectivity index (χ2v) is 4.37. The van der Waals surface area contributed by atoms with Crippen LogP contribution >= 0.6 is 0 Å². The highest BCUT2D eigenvalue weighted by Gasteiger charge is 2.32. The molecule has 5 heteroatoms. The van der Waals surface area contributed by atoms with Crippen molar-refractivity contribution in [1.82, 2.24) is 4.90 Å². The Balaban J connectivity index is 1.90. The Morgan fingerprint density at radius 3 is 2.72 bits per heavy atom. The highest BCUT2D eigenvalue weighted by Crippen LogP contribution is 2.17. The summed E-state index contributed by atoms with van der Waals surface area (Å²) in [7, 11) is 0. The summed E-state index contributed by atoms with van der Waals surface area (Å²) < 4.78 is 0. The fourth-order valence-corrected chi connectivity index (χ4v) is 2.20. The quantitative estimate of drug-likeness (QED) is 0.817. The van der Waals surface area contributed by atoms with Crippen LogP contribution in [0.1, 0.15) is 12.8 Å². The lowest BCUT2D eigenvalue weighted by atomic mass is 10.2. The number of rotatable bonds is 4. The van der Waals surface area contributed by atoms with Crippen LogP contribution < -0.4 is 11.1 Å². The van der Waals surface area contributed by atoms with E-state index < -0.39 is 11.9 Å². The molecule has 1 aliphatic rings. The van der Waals surface area contributed by atoms with E-state index >= 15 is 0 Å². The summed E-state index contributed by atoms with van der Waals surface area (Å²) in [6.07, 6.45) is 1.51. The maximum absolute atomic E-state index is 12.0. The van der Waals surface area contributed by atoms with Gasteiger partial charge >= 0.3 is 0 Å². The van der Waals surface area contributed by atoms with Crippen molar-refractivity contribution in [3.05, 3.63) is 30.3 Å². The van der Waals surface area contributed by atoms with Gasteiger partial charge in [0.1, 0.15) is 6.04 Å². The summed E-state index contributed by atoms with van der Waals surface area (Å²) in [5, 5.41) is 3.04. The number of carbonyl (C=O) groups is 2. The minimum absolute atomic E-state index is 0.0832. The summed E-state index contributed by atoms with van der Waals surface area (Å²) in [6.45, 7) is 0.802. The number of likely N-dealkylation sites (tertiary alicyclic amines) is 1. The molecule has 0 unspecified atom stereocenters. The number of carbonyl (C=O) groups excluding carboxylic acids is 2. The van der Waals surface area contributed by atoms with Gasteiger partial charge in [-0.1, -0.05) is 18.2 Å². The first-order chi connectivity index (χ1) is 8.68. The van der Waals surface area contributed by atoms with E-state index in [1.807, 2.05) is 30.3 Å². The molecule has 0 bridgehead atoms. The van der Waals surface area contributed by atoms with E-state index in [1.165, 1.54) is 0 Å². The summed E-state index contributed by atoms with van der Waals surface area (Å²) >= 11 is 0. The van der Waals surface area contributed by atoms with Crippen LogP contribution in [0.5, 0.6) is 0 Å². The maximum Gasteiger partial charge on any atom is 0.242 e. The summed E-state index contributed by atoms with van der Waals surface area (Å²) in [5.41, 5.74) is 6.17. The number of benzene rings is 1. The fraction of sp³-hybridized carbons (Fsp3) is 0.385. The number of nitrogens with zero attached hydrogens (tertiary/aromatic N) is 1. The second-order valence-electron chi connectivity index (χ2n) is 4.37. The van der Waals surface area contributed by atoms with Crippen molar-refractivity contribution in [2.45, 2.75) is 18.9 Å². The van der Waals surface area contributed by atoms with E-state index in [-0.39, 0.29) is 12.5 Å². The van der Waals surface area contributed by atoms with Crippen molar-refractivity contribution in [3.63, 3.8) is 0 Å². The first-order valence-electron chi connectivity index (χ1n) is 6.06. The van der Waals surface area contributed by atoms with Gasteiger partial charge in [-0.25, -0.2) is 0 Å². The fourth-order valence-electron chi connectivity index (χ4n) is 2.20. The molecule has 1 aromatic rings. The molecule has 5 nitrogen and oxygen atoms in total. The molecule has 0 aliphatic carbocycles. The highest BCUT2D eigenvalue weighted by molar-refractivity contribution is 5.89. The van der Waals surface area contributed by atoms with Crippen LogP contribution in [-0.2, 0) is 9.59 Å². The van der Waals surface area contributed by atoms with Crippen LogP contribution in [0.15, 0.2) is 30.3 Å². The third kappa shape index (κ3) is 2.80. The van der Waals surface area contributed by atoms with Gasteiger partial charge in [0.2, 0.25) is 11.8 Å². The minimum atomic E-state index is -0.435. The molecular formula is C13H17N3O2. The van der Waals surface area contributed by atoms with Crippen LogP contribution in [0.4, 0.5) is 5.69 Å². The molecule has 1 saturated heterocycles.